The number of rotatable bonds is 4. The molecule has 2 aromatic rings. The molecule has 1 saturated carbocycles. The van der Waals surface area contributed by atoms with Crippen LogP contribution in [-0.2, 0) is 20.8 Å². The van der Waals surface area contributed by atoms with Gasteiger partial charge in [-0.3, -0.25) is 14.4 Å². The van der Waals surface area contributed by atoms with Crippen molar-refractivity contribution in [2.75, 3.05) is 29.5 Å². The van der Waals surface area contributed by atoms with Crippen LogP contribution in [0.3, 0.4) is 0 Å². The fraction of sp³-hybridized carbons (Fsp3) is 0.345. The number of nitrogens with two attached hydrogens (primary N) is 1. The summed E-state index contributed by atoms with van der Waals surface area (Å²) < 4.78 is 20.1. The number of benzene rings is 2. The van der Waals surface area contributed by atoms with Gasteiger partial charge in [-0.05, 0) is 73.2 Å². The Morgan fingerprint density at radius 2 is 1.77 bits per heavy atom. The maximum absolute atomic E-state index is 14.7. The van der Waals surface area contributed by atoms with Crippen LogP contribution in [0.1, 0.15) is 43.2 Å². The van der Waals surface area contributed by atoms with Gasteiger partial charge >= 0.3 is 0 Å². The lowest BCUT2D eigenvalue weighted by atomic mass is 9.91. The molecule has 4 heterocycles. The quantitative estimate of drug-likeness (QED) is 0.653. The summed E-state index contributed by atoms with van der Waals surface area (Å²) in [6, 6.07) is 10.8. The molecule has 0 unspecified atom stereocenters. The number of halogens is 1. The number of piperidine rings is 1. The minimum absolute atomic E-state index is 0.123. The molecule has 2 fully saturated rings. The second kappa shape index (κ2) is 10.1. The molecule has 9 nitrogen and oxygen atoms in total. The maximum Gasteiger partial charge on any atom is 0.279 e. The third-order valence-electron chi connectivity index (χ3n) is 7.55. The van der Waals surface area contributed by atoms with Crippen molar-refractivity contribution < 1.29 is 23.5 Å². The number of hydrogen-bond acceptors (Lipinski definition) is 6. The average molecular weight is 530 g/mol. The number of primary amides is 1. The fourth-order valence-electron chi connectivity index (χ4n) is 5.23. The van der Waals surface area contributed by atoms with E-state index in [4.69, 9.17) is 10.5 Å². The Bertz CT molecular complexity index is 1460. The molecule has 2 aromatic carbocycles. The second-order valence-corrected chi connectivity index (χ2v) is 10.2. The van der Waals surface area contributed by atoms with Crippen molar-refractivity contribution >= 4 is 46.6 Å². The van der Waals surface area contributed by atoms with Crippen LogP contribution >= 0.6 is 0 Å². The van der Waals surface area contributed by atoms with E-state index in [-0.39, 0.29) is 35.9 Å². The van der Waals surface area contributed by atoms with Crippen molar-refractivity contribution in [2.24, 2.45) is 21.9 Å². The number of anilines is 2. The Kier molecular flexibility index (Phi) is 6.46. The van der Waals surface area contributed by atoms with Crippen LogP contribution in [0.4, 0.5) is 15.8 Å². The van der Waals surface area contributed by atoms with Gasteiger partial charge in [0.25, 0.3) is 5.91 Å². The number of ether oxygens (including phenoxy) is 1. The molecule has 4 aliphatic heterocycles. The normalized spacial score (nSPS) is 19.8. The molecular weight excluding hydrogens is 501 g/mol. The van der Waals surface area contributed by atoms with Crippen LogP contribution in [0.2, 0.25) is 0 Å². The highest BCUT2D eigenvalue weighted by atomic mass is 19.1. The molecule has 0 aromatic heterocycles. The Balaban J connectivity index is 0.000000410. The van der Waals surface area contributed by atoms with Crippen LogP contribution in [0, 0.1) is 11.7 Å². The lowest BCUT2D eigenvalue weighted by molar-refractivity contribution is -0.120. The van der Waals surface area contributed by atoms with Gasteiger partial charge < -0.3 is 20.3 Å². The summed E-state index contributed by atoms with van der Waals surface area (Å²) in [5.74, 6) is -0.110. The Labute approximate surface area is 224 Å². The van der Waals surface area contributed by atoms with Gasteiger partial charge in [-0.15, -0.1) is 5.10 Å². The fourth-order valence-corrected chi connectivity index (χ4v) is 5.23. The summed E-state index contributed by atoms with van der Waals surface area (Å²) in [6.07, 6.45) is 6.73. The lowest BCUT2D eigenvalue weighted by Gasteiger charge is -2.31. The van der Waals surface area contributed by atoms with Crippen molar-refractivity contribution in [2.45, 2.75) is 38.5 Å². The summed E-state index contributed by atoms with van der Waals surface area (Å²) in [5, 5.41) is 8.01. The first-order valence-electron chi connectivity index (χ1n) is 13.2. The molecule has 5 aliphatic rings. The molecule has 0 spiro atoms. The predicted molar refractivity (Wildman–Crippen MR) is 145 cm³/mol. The van der Waals surface area contributed by atoms with Gasteiger partial charge in [0, 0.05) is 47.8 Å². The third-order valence-corrected chi connectivity index (χ3v) is 7.55. The zero-order chi connectivity index (χ0) is 27.1. The number of fused-ring (bicyclic) bond motifs is 2. The smallest absolute Gasteiger partial charge is 0.279 e. The van der Waals surface area contributed by atoms with E-state index in [1.54, 1.807) is 16.0 Å². The number of amides is 3. The number of carbonyl (C=O) groups excluding carboxylic acids is 3. The van der Waals surface area contributed by atoms with Gasteiger partial charge in [-0.2, -0.15) is 5.10 Å². The average Bonchev–Trinajstić information content (AvgIpc) is 3.48. The first-order chi connectivity index (χ1) is 18.9. The Morgan fingerprint density at radius 1 is 1.03 bits per heavy atom. The lowest BCUT2D eigenvalue weighted by Crippen LogP contribution is -2.42. The Hall–Kier alpha value is -4.34. The van der Waals surface area contributed by atoms with E-state index in [2.05, 4.69) is 10.2 Å². The van der Waals surface area contributed by atoms with E-state index >= 15 is 0 Å². The molecule has 7 rings (SSSR count). The molecule has 10 heteroatoms. The van der Waals surface area contributed by atoms with E-state index in [9.17, 15) is 18.8 Å². The molecule has 1 saturated heterocycles. The first-order valence-corrected chi connectivity index (χ1v) is 13.2. The molecule has 2 N–H and O–H groups in total. The van der Waals surface area contributed by atoms with Crippen molar-refractivity contribution in [3.05, 3.63) is 58.9 Å². The standard InChI is InChI=1S/C25H21FN4O3.C4H7NO/c26-21-12-16(11-15-8-10-33-24(15)21)20-14-30(25(32)23-19(20)13-27-28-23)18-6-4-17(5-7-18)29-9-2-1-3-22(29)31;5-4(6)3-1-2-3/h4-7,11-13H,1-3,8-10,14H2;3H,1-2H2,(H2,5,6). The SMILES string of the molecule is NC(=O)C1CC1.O=C1CCCCN1c1ccc(N2CC(c3cc(F)c4c(c3)CCO4)=C3C=NN=C3C2=O)cc1. The maximum atomic E-state index is 14.7. The van der Waals surface area contributed by atoms with Gasteiger partial charge in [0.1, 0.15) is 0 Å². The monoisotopic (exact) mass is 529 g/mol. The highest BCUT2D eigenvalue weighted by Gasteiger charge is 2.35. The van der Waals surface area contributed by atoms with Crippen molar-refractivity contribution in [3.8, 4) is 5.75 Å². The summed E-state index contributed by atoms with van der Waals surface area (Å²) in [6.45, 7) is 1.44. The summed E-state index contributed by atoms with van der Waals surface area (Å²) in [7, 11) is 0. The predicted octanol–water partition coefficient (Wildman–Crippen LogP) is 3.40. The van der Waals surface area contributed by atoms with Gasteiger partial charge in [0.2, 0.25) is 11.8 Å². The molecule has 0 bridgehead atoms. The van der Waals surface area contributed by atoms with Crippen LogP contribution in [0.25, 0.3) is 5.57 Å². The minimum Gasteiger partial charge on any atom is -0.490 e. The Morgan fingerprint density at radius 3 is 2.44 bits per heavy atom. The van der Waals surface area contributed by atoms with Gasteiger partial charge in [0.05, 0.1) is 19.4 Å². The van der Waals surface area contributed by atoms with Gasteiger partial charge in [-0.25, -0.2) is 4.39 Å². The van der Waals surface area contributed by atoms with E-state index in [0.717, 1.165) is 42.5 Å². The van der Waals surface area contributed by atoms with Crippen molar-refractivity contribution in [1.82, 2.24) is 0 Å². The number of carbonyl (C=O) groups is 3. The largest absolute Gasteiger partial charge is 0.490 e. The second-order valence-electron chi connectivity index (χ2n) is 10.2. The van der Waals surface area contributed by atoms with E-state index in [1.807, 2.05) is 30.3 Å². The molecule has 0 atom stereocenters. The zero-order valence-corrected chi connectivity index (χ0v) is 21.4. The molecule has 3 amide bonds. The molecule has 39 heavy (non-hydrogen) atoms. The van der Waals surface area contributed by atoms with E-state index in [0.29, 0.717) is 48.6 Å². The summed E-state index contributed by atoms with van der Waals surface area (Å²) in [5.41, 5.74) is 9.56. The van der Waals surface area contributed by atoms with Crippen LogP contribution in [0.15, 0.2) is 52.2 Å². The zero-order valence-electron chi connectivity index (χ0n) is 21.4. The van der Waals surface area contributed by atoms with Gasteiger partial charge in [-0.1, -0.05) is 0 Å². The summed E-state index contributed by atoms with van der Waals surface area (Å²) in [4.78, 5) is 38.8. The topological polar surface area (TPSA) is 118 Å². The minimum atomic E-state index is -0.402. The number of nitrogens with zero attached hydrogens (tertiary/aromatic N) is 4. The van der Waals surface area contributed by atoms with Crippen molar-refractivity contribution in [3.63, 3.8) is 0 Å². The third kappa shape index (κ3) is 4.82. The van der Waals surface area contributed by atoms with E-state index < -0.39 is 5.82 Å². The number of hydrogen-bond donors (Lipinski definition) is 1. The van der Waals surface area contributed by atoms with Crippen LogP contribution < -0.4 is 20.3 Å². The van der Waals surface area contributed by atoms with Crippen LogP contribution in [0.5, 0.6) is 5.75 Å². The molecule has 200 valence electrons. The molecular formula is C29H28FN5O4. The summed E-state index contributed by atoms with van der Waals surface area (Å²) >= 11 is 0. The molecule has 1 aliphatic carbocycles. The first kappa shape index (κ1) is 25.0. The van der Waals surface area contributed by atoms with Crippen molar-refractivity contribution in [1.29, 1.82) is 0 Å². The van der Waals surface area contributed by atoms with Crippen LogP contribution in [-0.4, -0.2) is 49.3 Å². The highest BCUT2D eigenvalue weighted by Crippen LogP contribution is 2.36. The van der Waals surface area contributed by atoms with Gasteiger partial charge in [0.15, 0.2) is 17.3 Å². The molecule has 0 radical (unpaired) electrons. The van der Waals surface area contributed by atoms with E-state index in [1.165, 1.54) is 6.07 Å². The highest BCUT2D eigenvalue weighted by molar-refractivity contribution is 6.57.